The summed E-state index contributed by atoms with van der Waals surface area (Å²) in [6.45, 7) is 26.5. The third kappa shape index (κ3) is 13.7. The van der Waals surface area contributed by atoms with Gasteiger partial charge in [0.05, 0.1) is 36.9 Å². The number of para-hydroxylation sites is 7. The van der Waals surface area contributed by atoms with Crippen molar-refractivity contribution in [1.29, 1.82) is 0 Å². The molecule has 5 aliphatic rings. The van der Waals surface area contributed by atoms with Crippen LogP contribution in [0.1, 0.15) is 97.0 Å². The van der Waals surface area contributed by atoms with Gasteiger partial charge < -0.3 is 66.2 Å². The van der Waals surface area contributed by atoms with Crippen molar-refractivity contribution < 1.29 is 28.9 Å². The van der Waals surface area contributed by atoms with Crippen molar-refractivity contribution in [2.75, 3.05) is 41.3 Å². The molecule has 634 valence electrons. The summed E-state index contributed by atoms with van der Waals surface area (Å²) >= 11 is 0. The Bertz CT molecular complexity index is 7150. The number of aromatic nitrogens is 3. The van der Waals surface area contributed by atoms with Gasteiger partial charge in [-0.25, -0.2) is 15.0 Å². The zero-order valence-corrected chi connectivity index (χ0v) is 73.7. The van der Waals surface area contributed by atoms with Crippen LogP contribution in [0.25, 0.3) is 110 Å². The minimum Gasteiger partial charge on any atom is -0.454 e. The lowest BCUT2D eigenvalue weighted by Gasteiger charge is -2.33. The highest BCUT2D eigenvalue weighted by molar-refractivity contribution is 6.15. The summed E-state index contributed by atoms with van der Waals surface area (Å²) in [5.41, 5.74) is 23.1. The number of anilines is 11. The first-order chi connectivity index (χ1) is 63.6. The molecule has 0 N–H and O–H groups in total. The standard InChI is InChI=1S/C26H21N3O.C25H20N4O.2C20H22N2O.C18H18N2O/c1-17-14-15-21-20-11-6-7-13-23(20)30-25(21)24(17)29-18(2)28(19-9-4-3-5-10-19)26-22(29)12-8-16-27-26;1-16-12-13-20-19-10-6-7-11-21(19)30-23(20)22(16)29-17(2)28(18-8-4-3-5-9-18)24-25(29)27-15-14-26-24;2*1-13(2)21-11-12-22(15(21)4)19-14(3)9-10-17-16-7-5-6-8-18(16)23-20(17)19;1-12-8-9-15-14-6-4-5-7-16(14)21-18(15)17(12)20-11-10-19(3)13(20)2/h3-16,18H,1-2H3;3-15,17H,1-2H3;2*5-13,15H,1-4H3;4-11,13H,1-3H3/i;;2*13D;3D3. The first-order valence-corrected chi connectivity index (χ1v) is 43.4. The summed E-state index contributed by atoms with van der Waals surface area (Å²) in [7, 11) is 0. The molecule has 0 saturated heterocycles. The highest BCUT2D eigenvalue weighted by Crippen LogP contribution is 2.53. The monoisotopic (exact) mass is 1680 g/mol. The number of hydrogen-bond acceptors (Lipinski definition) is 18. The van der Waals surface area contributed by atoms with Gasteiger partial charge in [-0.15, -0.1) is 0 Å². The predicted octanol–water partition coefficient (Wildman–Crippen LogP) is 28.2. The Labute approximate surface area is 746 Å². The fourth-order valence-corrected chi connectivity index (χ4v) is 19.2. The Morgan fingerprint density at radius 3 is 0.929 bits per heavy atom. The molecule has 0 aliphatic carbocycles. The van der Waals surface area contributed by atoms with Crippen LogP contribution in [0, 0.1) is 34.6 Å². The molecule has 0 radical (unpaired) electrons. The van der Waals surface area contributed by atoms with Gasteiger partial charge in [-0.1, -0.05) is 188 Å². The minimum atomic E-state index is -2.17. The third-order valence-corrected chi connectivity index (χ3v) is 25.4. The van der Waals surface area contributed by atoms with E-state index in [0.717, 1.165) is 184 Å². The van der Waals surface area contributed by atoms with E-state index < -0.39 is 19.0 Å². The molecule has 5 unspecified atom stereocenters. The Kier molecular flexibility index (Phi) is 19.2. The van der Waals surface area contributed by atoms with Crippen molar-refractivity contribution in [1.82, 2.24) is 29.7 Å². The summed E-state index contributed by atoms with van der Waals surface area (Å²) < 4.78 is 71.0. The van der Waals surface area contributed by atoms with Gasteiger partial charge in [-0.3, -0.25) is 4.90 Å². The fraction of sp³-hybridized carbons (Fsp3) is 0.202. The maximum Gasteiger partial charge on any atom is 0.178 e. The van der Waals surface area contributed by atoms with Crippen LogP contribution in [0.4, 0.5) is 63.0 Å². The lowest BCUT2D eigenvalue weighted by molar-refractivity contribution is 0.263. The number of benzene rings is 12. The minimum absolute atomic E-state index is 0.0117. The Balaban J connectivity index is 0.000000103. The smallest absolute Gasteiger partial charge is 0.178 e. The molecule has 19 aromatic rings. The summed E-state index contributed by atoms with van der Waals surface area (Å²) in [6.07, 6.45) is 16.8. The second kappa shape index (κ2) is 32.6. The maximum atomic E-state index is 8.34. The maximum absolute atomic E-state index is 8.34. The van der Waals surface area contributed by atoms with E-state index in [0.29, 0.717) is 0 Å². The van der Waals surface area contributed by atoms with E-state index in [2.05, 4.69) is 236 Å². The van der Waals surface area contributed by atoms with Gasteiger partial charge >= 0.3 is 0 Å². The van der Waals surface area contributed by atoms with Gasteiger partial charge in [-0.2, -0.15) is 0 Å². The van der Waals surface area contributed by atoms with Crippen LogP contribution in [0.5, 0.6) is 0 Å². The molecular formula is C109H103N13O5. The third-order valence-electron chi connectivity index (χ3n) is 25.4. The highest BCUT2D eigenvalue weighted by Gasteiger charge is 2.42. The lowest BCUT2D eigenvalue weighted by atomic mass is 10.1. The molecule has 7 aromatic heterocycles. The van der Waals surface area contributed by atoms with E-state index in [-0.39, 0.29) is 30.8 Å². The lowest BCUT2D eigenvalue weighted by Crippen LogP contribution is -2.39. The van der Waals surface area contributed by atoms with E-state index in [4.69, 9.17) is 38.9 Å². The second-order valence-corrected chi connectivity index (χ2v) is 33.6. The molecule has 127 heavy (non-hydrogen) atoms. The first-order valence-electron chi connectivity index (χ1n) is 45.9. The van der Waals surface area contributed by atoms with Crippen molar-refractivity contribution in [3.05, 3.63) is 338 Å². The van der Waals surface area contributed by atoms with Crippen LogP contribution in [0.3, 0.4) is 0 Å². The van der Waals surface area contributed by atoms with Gasteiger partial charge in [0.25, 0.3) is 0 Å². The SMILES string of the molecule is Cc1ccc2c(oc3ccccc32)c1N1c2cccnc2N(c2ccccc2)C1C.Cc1ccc2c(oc3ccccc32)c1N1c2nccnc2N(c2ccccc2)C1C.[2H]C(C)(C)N1C=CN(c2c(C)ccc3c2oc2ccccc23)C1C.[2H]C(C)(C)N1C=CN(c2c(C)ccc3c2oc2ccccc23)C1C.[2H]C([2H])([2H])N1C=CN(c2c(C)ccc3c2oc2ccccc23)C1C. The van der Waals surface area contributed by atoms with E-state index >= 15 is 0 Å². The van der Waals surface area contributed by atoms with E-state index in [1.165, 1.54) is 21.6 Å². The predicted molar refractivity (Wildman–Crippen MR) is 524 cm³/mol. The zero-order valence-electron chi connectivity index (χ0n) is 78.7. The highest BCUT2D eigenvalue weighted by atomic mass is 16.3. The number of hydrogen-bond donors (Lipinski definition) is 0. The van der Waals surface area contributed by atoms with Crippen LogP contribution in [-0.2, 0) is 0 Å². The first kappa shape index (κ1) is 74.7. The molecule has 5 atom stereocenters. The Morgan fingerprint density at radius 2 is 0.575 bits per heavy atom. The van der Waals surface area contributed by atoms with Gasteiger partial charge in [0.15, 0.2) is 45.4 Å². The van der Waals surface area contributed by atoms with Crippen molar-refractivity contribution >= 4 is 173 Å². The number of aryl methyl sites for hydroxylation is 5. The summed E-state index contributed by atoms with van der Waals surface area (Å²) in [5, 5.41) is 11.2. The molecule has 0 amide bonds. The molecular weight excluding hydrogens is 1570 g/mol. The normalized spacial score (nSPS) is 17.9. The average molecular weight is 1680 g/mol. The molecule has 0 bridgehead atoms. The molecule has 0 fully saturated rings. The fourth-order valence-electron chi connectivity index (χ4n) is 19.2. The Hall–Kier alpha value is -14.9. The second-order valence-electron chi connectivity index (χ2n) is 33.6. The number of rotatable bonds is 9. The van der Waals surface area contributed by atoms with Crippen LogP contribution >= 0.6 is 0 Å². The number of pyridine rings is 1. The number of furan rings is 5. The van der Waals surface area contributed by atoms with Crippen molar-refractivity contribution in [3.63, 3.8) is 0 Å². The number of nitrogens with zero attached hydrogens (tertiary/aromatic N) is 13. The topological polar surface area (TPSA) is 137 Å². The molecule has 0 saturated carbocycles. The van der Waals surface area contributed by atoms with E-state index in [1.54, 1.807) is 18.6 Å². The van der Waals surface area contributed by atoms with Crippen LogP contribution in [0.2, 0.25) is 0 Å². The molecule has 5 aliphatic heterocycles. The van der Waals surface area contributed by atoms with Crippen LogP contribution < -0.4 is 34.3 Å². The molecule has 12 aromatic carbocycles. The zero-order chi connectivity index (χ0) is 91.7. The Morgan fingerprint density at radius 1 is 0.276 bits per heavy atom. The van der Waals surface area contributed by atoms with E-state index in [1.807, 2.05) is 202 Å². The average Bonchev–Trinajstić information content (AvgIpc) is 1.57. The number of fused-ring (bicyclic) bond motifs is 17. The summed E-state index contributed by atoms with van der Waals surface area (Å²) in [6, 6.07) is 85.6. The van der Waals surface area contributed by atoms with Crippen LogP contribution in [-0.4, -0.2) is 79.5 Å². The summed E-state index contributed by atoms with van der Waals surface area (Å²) in [4.78, 5) is 35.1. The van der Waals surface area contributed by atoms with Gasteiger partial charge in [0, 0.05) is 144 Å². The molecule has 24 rings (SSSR count). The van der Waals surface area contributed by atoms with Crippen molar-refractivity contribution in [3.8, 4) is 0 Å². The molecule has 18 nitrogen and oxygen atoms in total. The van der Waals surface area contributed by atoms with Crippen molar-refractivity contribution in [2.45, 2.75) is 140 Å². The van der Waals surface area contributed by atoms with Crippen LogP contribution in [0.15, 0.2) is 333 Å². The van der Waals surface area contributed by atoms with E-state index in [9.17, 15) is 0 Å². The van der Waals surface area contributed by atoms with Gasteiger partial charge in [-0.05, 0) is 191 Å². The van der Waals surface area contributed by atoms with Gasteiger partial charge in [0.1, 0.15) is 58.7 Å². The molecule has 12 heterocycles. The summed E-state index contributed by atoms with van der Waals surface area (Å²) in [5.74, 6) is 2.65. The molecule has 18 heteroatoms. The van der Waals surface area contributed by atoms with Gasteiger partial charge in [0.2, 0.25) is 0 Å². The molecule has 0 spiro atoms. The van der Waals surface area contributed by atoms with Crippen molar-refractivity contribution in [2.24, 2.45) is 0 Å². The quantitative estimate of drug-likeness (QED) is 0.135. The largest absolute Gasteiger partial charge is 0.454 e.